The maximum atomic E-state index is 15.9. The molecular weight excluding hydrogens is 773 g/mol. The zero-order valence-electron chi connectivity index (χ0n) is 33.9. The first-order valence-corrected chi connectivity index (χ1v) is 21.6. The largest absolute Gasteiger partial charge is 0.484 e. The Morgan fingerprint density at radius 2 is 1.63 bits per heavy atom. The summed E-state index contributed by atoms with van der Waals surface area (Å²) in [5, 5.41) is 10.5. The molecule has 4 aliphatic heterocycles. The maximum Gasteiger partial charge on any atom is 0.255 e. The van der Waals surface area contributed by atoms with E-state index in [4.69, 9.17) is 9.47 Å². The number of piperidine rings is 2. The number of H-pyrrole nitrogens is 1. The van der Waals surface area contributed by atoms with Gasteiger partial charge in [-0.05, 0) is 88.8 Å². The van der Waals surface area contributed by atoms with E-state index in [0.717, 1.165) is 95.3 Å². The van der Waals surface area contributed by atoms with Crippen LogP contribution in [0.5, 0.6) is 5.75 Å². The quantitative estimate of drug-likeness (QED) is 0.199. The standard InChI is InChI=1S/C44H51F2N9O5/c1-44(12-13-44)60-37-20-30-33(21-32(37)45)50-51-41(30)34-22-38(48-25-47-34)54-18-16-52(17-19-54)23-26-2-4-27(5-3-26)59-28-10-14-53(15-11-28)35-7-6-29-31(40(35)46)24-55(43(29)58)36-8-9-39(56)49-42(36)57/h6-7,20-22,25-28,36H,2-5,8-19,23-24H2,1H3,(H,50,51)(H,49,56,57)/t26-,27-,36?. The van der Waals surface area contributed by atoms with Crippen molar-refractivity contribution < 1.29 is 32.6 Å². The van der Waals surface area contributed by atoms with Crippen molar-refractivity contribution in [2.24, 2.45) is 5.92 Å². The lowest BCUT2D eigenvalue weighted by Crippen LogP contribution is -2.52. The van der Waals surface area contributed by atoms with Gasteiger partial charge in [-0.2, -0.15) is 5.10 Å². The number of fused-ring (bicyclic) bond motifs is 2. The van der Waals surface area contributed by atoms with Crippen molar-refractivity contribution in [3.63, 3.8) is 0 Å². The third-order valence-electron chi connectivity index (χ3n) is 13.6. The Kier molecular flexibility index (Phi) is 10.2. The van der Waals surface area contributed by atoms with Gasteiger partial charge in [0.1, 0.15) is 29.5 Å². The summed E-state index contributed by atoms with van der Waals surface area (Å²) in [4.78, 5) is 54.6. The summed E-state index contributed by atoms with van der Waals surface area (Å²) in [6, 6.07) is 7.72. The summed E-state index contributed by atoms with van der Waals surface area (Å²) in [5.74, 6) is -0.288. The molecule has 5 fully saturated rings. The number of hydrogen-bond acceptors (Lipinski definition) is 11. The van der Waals surface area contributed by atoms with Crippen molar-refractivity contribution >= 4 is 40.1 Å². The molecule has 316 valence electrons. The van der Waals surface area contributed by atoms with Gasteiger partial charge >= 0.3 is 0 Å². The number of ether oxygens (including phenoxy) is 2. The van der Waals surface area contributed by atoms with E-state index in [2.05, 4.69) is 35.3 Å². The fraction of sp³-hybridized carbons (Fsp3) is 0.545. The molecule has 2 N–H and O–H groups in total. The van der Waals surface area contributed by atoms with E-state index in [0.29, 0.717) is 47.2 Å². The Bertz CT molecular complexity index is 2310. The molecule has 2 aromatic heterocycles. The van der Waals surface area contributed by atoms with Crippen LogP contribution < -0.4 is 19.9 Å². The van der Waals surface area contributed by atoms with Crippen LogP contribution >= 0.6 is 0 Å². The second-order valence-electron chi connectivity index (χ2n) is 17.8. The van der Waals surface area contributed by atoms with E-state index in [9.17, 15) is 18.8 Å². The third kappa shape index (κ3) is 7.68. The van der Waals surface area contributed by atoms with E-state index in [1.807, 2.05) is 17.9 Å². The normalized spacial score (nSPS) is 24.9. The highest BCUT2D eigenvalue weighted by Gasteiger charge is 2.42. The molecule has 0 spiro atoms. The highest BCUT2D eigenvalue weighted by atomic mass is 19.1. The highest BCUT2D eigenvalue weighted by Crippen LogP contribution is 2.42. The summed E-state index contributed by atoms with van der Waals surface area (Å²) >= 11 is 0. The number of aromatic nitrogens is 4. The van der Waals surface area contributed by atoms with E-state index in [1.165, 1.54) is 11.0 Å². The number of piperazine rings is 1. The molecule has 6 heterocycles. The summed E-state index contributed by atoms with van der Waals surface area (Å²) in [5.41, 5.74) is 2.73. The number of carbonyl (C=O) groups excluding carboxylic acids is 3. The Balaban J connectivity index is 0.671. The van der Waals surface area contributed by atoms with E-state index in [1.54, 1.807) is 24.5 Å². The van der Waals surface area contributed by atoms with Gasteiger partial charge < -0.3 is 24.2 Å². The van der Waals surface area contributed by atoms with Gasteiger partial charge in [0.15, 0.2) is 17.4 Å². The summed E-state index contributed by atoms with van der Waals surface area (Å²) < 4.78 is 43.3. The Labute approximate surface area is 347 Å². The molecule has 3 saturated heterocycles. The molecule has 16 heteroatoms. The van der Waals surface area contributed by atoms with E-state index >= 15 is 4.39 Å². The van der Waals surface area contributed by atoms with Crippen molar-refractivity contribution in [1.82, 2.24) is 35.3 Å². The second-order valence-corrected chi connectivity index (χ2v) is 17.8. The van der Waals surface area contributed by atoms with Gasteiger partial charge in [0.25, 0.3) is 5.91 Å². The molecule has 4 aromatic rings. The predicted octanol–water partition coefficient (Wildman–Crippen LogP) is 5.36. The SMILES string of the molecule is CC1(Oc2cc3c(-c4cc(N5CCN(C[C@H]6CC[C@H](OC7CCN(c8ccc9c(c8F)CN(C8CCC(=O)NC8=O)C9=O)CC7)CC6)CC5)ncn4)n[nH]c3cc2F)CC1. The number of carbonyl (C=O) groups is 3. The van der Waals surface area contributed by atoms with Crippen LogP contribution in [0.15, 0.2) is 36.7 Å². The number of imide groups is 1. The average Bonchev–Trinajstić information content (AvgIpc) is 3.69. The maximum absolute atomic E-state index is 15.9. The molecule has 6 aliphatic rings. The van der Waals surface area contributed by atoms with Gasteiger partial charge in [0.2, 0.25) is 11.8 Å². The number of amides is 3. The van der Waals surface area contributed by atoms with Crippen LogP contribution in [0.4, 0.5) is 20.3 Å². The number of anilines is 2. The molecule has 10 rings (SSSR count). The first-order chi connectivity index (χ1) is 29.1. The zero-order chi connectivity index (χ0) is 41.1. The van der Waals surface area contributed by atoms with Crippen molar-refractivity contribution in [3.05, 3.63) is 59.4 Å². The number of nitrogens with one attached hydrogen (secondary N) is 2. The van der Waals surface area contributed by atoms with Gasteiger partial charge in [-0.15, -0.1) is 0 Å². The molecule has 2 saturated carbocycles. The number of hydrogen-bond donors (Lipinski definition) is 2. The lowest BCUT2D eigenvalue weighted by atomic mass is 9.86. The topological polar surface area (TPSA) is 149 Å². The molecule has 14 nitrogen and oxygen atoms in total. The van der Waals surface area contributed by atoms with Crippen LogP contribution in [0.3, 0.4) is 0 Å². The summed E-state index contributed by atoms with van der Waals surface area (Å²) in [7, 11) is 0. The van der Waals surface area contributed by atoms with E-state index < -0.39 is 23.6 Å². The number of nitrogens with zero attached hydrogens (tertiary/aromatic N) is 7. The minimum Gasteiger partial charge on any atom is -0.484 e. The third-order valence-corrected chi connectivity index (χ3v) is 13.6. The van der Waals surface area contributed by atoms with Crippen molar-refractivity contribution in [3.8, 4) is 17.1 Å². The van der Waals surface area contributed by atoms with Gasteiger partial charge in [-0.1, -0.05) is 0 Å². The molecule has 3 amide bonds. The fourth-order valence-electron chi connectivity index (χ4n) is 9.80. The van der Waals surface area contributed by atoms with Crippen molar-refractivity contribution in [2.75, 3.05) is 55.6 Å². The van der Waals surface area contributed by atoms with E-state index in [-0.39, 0.29) is 60.3 Å². The molecule has 60 heavy (non-hydrogen) atoms. The minimum absolute atomic E-state index is 0.0242. The molecule has 1 unspecified atom stereocenters. The Morgan fingerprint density at radius 1 is 0.867 bits per heavy atom. The fourth-order valence-corrected chi connectivity index (χ4v) is 9.80. The predicted molar refractivity (Wildman–Crippen MR) is 219 cm³/mol. The van der Waals surface area contributed by atoms with Gasteiger partial charge in [0, 0.05) is 80.9 Å². The second kappa shape index (κ2) is 15.7. The molecule has 2 aliphatic carbocycles. The minimum atomic E-state index is -0.770. The molecule has 0 radical (unpaired) electrons. The molecule has 1 atom stereocenters. The van der Waals surface area contributed by atoms with Crippen LogP contribution in [0.25, 0.3) is 22.3 Å². The first-order valence-electron chi connectivity index (χ1n) is 21.6. The summed E-state index contributed by atoms with van der Waals surface area (Å²) in [6.07, 6.45) is 10.2. The van der Waals surface area contributed by atoms with Gasteiger partial charge in [0.05, 0.1) is 35.7 Å². The number of aromatic amines is 1. The van der Waals surface area contributed by atoms with Crippen molar-refractivity contribution in [2.45, 2.75) is 102 Å². The molecule has 0 bridgehead atoms. The molecule has 2 aromatic carbocycles. The van der Waals surface area contributed by atoms with Gasteiger partial charge in [-0.3, -0.25) is 29.7 Å². The number of halogens is 2. The van der Waals surface area contributed by atoms with Crippen LogP contribution in [0.1, 0.15) is 87.1 Å². The lowest BCUT2D eigenvalue weighted by molar-refractivity contribution is -0.136. The first kappa shape index (κ1) is 38.9. The Morgan fingerprint density at radius 3 is 2.38 bits per heavy atom. The van der Waals surface area contributed by atoms with Crippen LogP contribution in [0.2, 0.25) is 0 Å². The van der Waals surface area contributed by atoms with Crippen molar-refractivity contribution in [1.29, 1.82) is 0 Å². The zero-order valence-corrected chi connectivity index (χ0v) is 33.9. The average molecular weight is 824 g/mol. The number of rotatable bonds is 10. The van der Waals surface area contributed by atoms with Crippen LogP contribution in [-0.2, 0) is 20.9 Å². The Hall–Kier alpha value is -5.22. The van der Waals surface area contributed by atoms with Gasteiger partial charge in [-0.25, -0.2) is 18.7 Å². The lowest BCUT2D eigenvalue weighted by Gasteiger charge is -2.39. The smallest absolute Gasteiger partial charge is 0.255 e. The number of benzene rings is 2. The monoisotopic (exact) mass is 823 g/mol. The molecular formula is C44H51F2N9O5. The van der Waals surface area contributed by atoms with Crippen LogP contribution in [-0.4, -0.2) is 117 Å². The van der Waals surface area contributed by atoms with Crippen LogP contribution in [0, 0.1) is 17.6 Å². The highest BCUT2D eigenvalue weighted by molar-refractivity contribution is 6.05. The summed E-state index contributed by atoms with van der Waals surface area (Å²) in [6.45, 7) is 8.08.